The highest BCUT2D eigenvalue weighted by molar-refractivity contribution is 5.82. The molecule has 0 amide bonds. The summed E-state index contributed by atoms with van der Waals surface area (Å²) in [7, 11) is 0. The van der Waals surface area contributed by atoms with Crippen LogP contribution in [-0.4, -0.2) is 24.7 Å². The first-order valence-corrected chi connectivity index (χ1v) is 6.25. The highest BCUT2D eigenvalue weighted by atomic mass is 16.2. The molecule has 0 fully saturated rings. The molecule has 3 aromatic rings. The first-order chi connectivity index (χ1) is 9.60. The van der Waals surface area contributed by atoms with Gasteiger partial charge in [-0.1, -0.05) is 0 Å². The highest BCUT2D eigenvalue weighted by Crippen LogP contribution is 2.21. The molecule has 3 heterocycles. The van der Waals surface area contributed by atoms with E-state index in [0.29, 0.717) is 11.3 Å². The average molecular weight is 271 g/mol. The zero-order valence-corrected chi connectivity index (χ0v) is 11.1. The van der Waals surface area contributed by atoms with E-state index < -0.39 is 11.2 Å². The highest BCUT2D eigenvalue weighted by Gasteiger charge is 2.11. The fourth-order valence-electron chi connectivity index (χ4n) is 2.24. The van der Waals surface area contributed by atoms with Crippen LogP contribution in [0, 0.1) is 6.92 Å². The number of rotatable bonds is 2. The predicted molar refractivity (Wildman–Crippen MR) is 74.6 cm³/mol. The molecule has 0 saturated heterocycles. The van der Waals surface area contributed by atoms with Crippen LogP contribution in [0.25, 0.3) is 22.3 Å². The van der Waals surface area contributed by atoms with Gasteiger partial charge in [0.05, 0.1) is 11.1 Å². The first kappa shape index (κ1) is 12.3. The van der Waals surface area contributed by atoms with E-state index >= 15 is 0 Å². The van der Waals surface area contributed by atoms with Crippen LogP contribution in [0.4, 0.5) is 0 Å². The Bertz CT molecular complexity index is 903. The molecule has 0 atom stereocenters. The Morgan fingerprint density at radius 3 is 2.80 bits per heavy atom. The normalized spacial score (nSPS) is 11.1. The molecular formula is C13H13N5O2. The molecule has 102 valence electrons. The van der Waals surface area contributed by atoms with Crippen LogP contribution in [0.1, 0.15) is 12.5 Å². The summed E-state index contributed by atoms with van der Waals surface area (Å²) < 4.78 is 2.04. The molecule has 7 nitrogen and oxygen atoms in total. The molecule has 3 rings (SSSR count). The van der Waals surface area contributed by atoms with Crippen LogP contribution in [0.2, 0.25) is 0 Å². The molecule has 0 aliphatic carbocycles. The lowest BCUT2D eigenvalue weighted by Gasteiger charge is -2.02. The smallest absolute Gasteiger partial charge is 0.325 e. The zero-order valence-electron chi connectivity index (χ0n) is 11.1. The molecule has 0 aliphatic rings. The number of hydrogen-bond acceptors (Lipinski definition) is 4. The van der Waals surface area contributed by atoms with Gasteiger partial charge in [-0.05, 0) is 25.5 Å². The summed E-state index contributed by atoms with van der Waals surface area (Å²) >= 11 is 0. The second kappa shape index (κ2) is 4.44. The van der Waals surface area contributed by atoms with E-state index in [4.69, 9.17) is 0 Å². The lowest BCUT2D eigenvalue weighted by molar-refractivity contribution is 0.794. The number of nitrogens with zero attached hydrogens (tertiary/aromatic N) is 3. The number of hydrogen-bond donors (Lipinski definition) is 2. The van der Waals surface area contributed by atoms with Gasteiger partial charge in [0.1, 0.15) is 11.2 Å². The number of aryl methyl sites for hydroxylation is 2. The lowest BCUT2D eigenvalue weighted by atomic mass is 10.2. The molecular weight excluding hydrogens is 258 g/mol. The standard InChI is InChI=1S/C13H13N5O2/c1-3-18-6-7(2)11-10(18)4-9(16-17-11)8-5-14-13(20)15-12(8)19/h4-6H,3H2,1-2H3,(H2,14,15,19,20). The Morgan fingerprint density at radius 1 is 1.30 bits per heavy atom. The van der Waals surface area contributed by atoms with Crippen molar-refractivity contribution in [2.45, 2.75) is 20.4 Å². The van der Waals surface area contributed by atoms with Crippen LogP contribution in [0.15, 0.2) is 28.0 Å². The SMILES string of the molecule is CCn1cc(C)c2nnc(-c3c[nH]c(=O)[nH]c3=O)cc21. The number of H-pyrrole nitrogens is 2. The average Bonchev–Trinajstić information content (AvgIpc) is 2.75. The molecule has 0 unspecified atom stereocenters. The van der Waals surface area contributed by atoms with E-state index in [-0.39, 0.29) is 0 Å². The maximum atomic E-state index is 11.8. The van der Waals surface area contributed by atoms with Gasteiger partial charge in [-0.15, -0.1) is 10.2 Å². The Hall–Kier alpha value is -2.70. The Morgan fingerprint density at radius 2 is 2.10 bits per heavy atom. The summed E-state index contributed by atoms with van der Waals surface area (Å²) in [6.07, 6.45) is 3.35. The van der Waals surface area contributed by atoms with Gasteiger partial charge in [0.2, 0.25) is 0 Å². The summed E-state index contributed by atoms with van der Waals surface area (Å²) in [4.78, 5) is 27.4. The quantitative estimate of drug-likeness (QED) is 0.720. The van der Waals surface area contributed by atoms with Crippen molar-refractivity contribution in [3.05, 3.63) is 44.9 Å². The maximum absolute atomic E-state index is 11.8. The van der Waals surface area contributed by atoms with Gasteiger partial charge < -0.3 is 9.55 Å². The molecule has 20 heavy (non-hydrogen) atoms. The van der Waals surface area contributed by atoms with Crippen LogP contribution in [0.3, 0.4) is 0 Å². The van der Waals surface area contributed by atoms with Crippen LogP contribution in [-0.2, 0) is 6.54 Å². The van der Waals surface area contributed by atoms with E-state index in [1.807, 2.05) is 30.7 Å². The molecule has 0 aliphatic heterocycles. The lowest BCUT2D eigenvalue weighted by Crippen LogP contribution is -2.22. The molecule has 0 spiro atoms. The fourth-order valence-corrected chi connectivity index (χ4v) is 2.24. The summed E-state index contributed by atoms with van der Waals surface area (Å²) in [6.45, 7) is 4.80. The van der Waals surface area contributed by atoms with Gasteiger partial charge in [-0.25, -0.2) is 4.79 Å². The van der Waals surface area contributed by atoms with Crippen molar-refractivity contribution in [1.29, 1.82) is 0 Å². The summed E-state index contributed by atoms with van der Waals surface area (Å²) in [5.74, 6) is 0. The van der Waals surface area contributed by atoms with E-state index in [2.05, 4.69) is 20.2 Å². The largest absolute Gasteiger partial charge is 0.346 e. The number of aromatic amines is 2. The first-order valence-electron chi connectivity index (χ1n) is 6.25. The third kappa shape index (κ3) is 1.83. The molecule has 0 radical (unpaired) electrons. The van der Waals surface area contributed by atoms with E-state index in [0.717, 1.165) is 23.1 Å². The topological polar surface area (TPSA) is 96.4 Å². The summed E-state index contributed by atoms with van der Waals surface area (Å²) in [6, 6.07) is 1.81. The van der Waals surface area contributed by atoms with Crippen molar-refractivity contribution >= 4 is 11.0 Å². The van der Waals surface area contributed by atoms with Crippen molar-refractivity contribution in [2.75, 3.05) is 0 Å². The molecule has 7 heteroatoms. The maximum Gasteiger partial charge on any atom is 0.325 e. The number of aromatic nitrogens is 5. The van der Waals surface area contributed by atoms with Gasteiger partial charge in [0, 0.05) is 18.9 Å². The Kier molecular flexibility index (Phi) is 2.74. The zero-order chi connectivity index (χ0) is 14.3. The predicted octanol–water partition coefficient (Wildman–Crippen LogP) is 0.803. The Labute approximate surface area is 113 Å². The second-order valence-corrected chi connectivity index (χ2v) is 4.55. The van der Waals surface area contributed by atoms with Crippen molar-refractivity contribution < 1.29 is 0 Å². The number of fused-ring (bicyclic) bond motifs is 1. The van der Waals surface area contributed by atoms with Crippen molar-refractivity contribution in [1.82, 2.24) is 24.7 Å². The molecule has 0 aromatic carbocycles. The third-order valence-corrected chi connectivity index (χ3v) is 3.24. The second-order valence-electron chi connectivity index (χ2n) is 4.55. The molecule has 3 aromatic heterocycles. The van der Waals surface area contributed by atoms with Crippen molar-refractivity contribution in [3.8, 4) is 11.3 Å². The van der Waals surface area contributed by atoms with Gasteiger partial charge in [-0.2, -0.15) is 0 Å². The third-order valence-electron chi connectivity index (χ3n) is 3.24. The van der Waals surface area contributed by atoms with Crippen LogP contribution < -0.4 is 11.2 Å². The van der Waals surface area contributed by atoms with E-state index in [1.165, 1.54) is 6.20 Å². The van der Waals surface area contributed by atoms with Gasteiger partial charge >= 0.3 is 5.69 Å². The van der Waals surface area contributed by atoms with Crippen molar-refractivity contribution in [3.63, 3.8) is 0 Å². The minimum atomic E-state index is -0.541. The van der Waals surface area contributed by atoms with E-state index in [9.17, 15) is 9.59 Å². The van der Waals surface area contributed by atoms with Crippen LogP contribution in [0.5, 0.6) is 0 Å². The monoisotopic (exact) mass is 271 g/mol. The molecule has 2 N–H and O–H groups in total. The summed E-state index contributed by atoms with van der Waals surface area (Å²) in [5, 5.41) is 8.24. The van der Waals surface area contributed by atoms with Gasteiger partial charge in [0.25, 0.3) is 5.56 Å². The van der Waals surface area contributed by atoms with Gasteiger partial charge in [0.15, 0.2) is 0 Å². The molecule has 0 saturated carbocycles. The Balaban J connectivity index is 2.27. The fraction of sp³-hybridized carbons (Fsp3) is 0.231. The summed E-state index contributed by atoms with van der Waals surface area (Å²) in [5.41, 5.74) is 2.48. The van der Waals surface area contributed by atoms with Crippen molar-refractivity contribution in [2.24, 2.45) is 0 Å². The minimum Gasteiger partial charge on any atom is -0.346 e. The number of nitrogens with one attached hydrogen (secondary N) is 2. The van der Waals surface area contributed by atoms with Crippen LogP contribution >= 0.6 is 0 Å². The van der Waals surface area contributed by atoms with E-state index in [1.54, 1.807) is 0 Å². The van der Waals surface area contributed by atoms with Gasteiger partial charge in [-0.3, -0.25) is 9.78 Å². The minimum absolute atomic E-state index is 0.292. The molecule has 0 bridgehead atoms.